The van der Waals surface area contributed by atoms with Crippen molar-refractivity contribution in [2.24, 2.45) is 11.8 Å². The summed E-state index contributed by atoms with van der Waals surface area (Å²) in [5.74, 6) is -4.18. The highest BCUT2D eigenvalue weighted by molar-refractivity contribution is 7.92. The fourth-order valence-electron chi connectivity index (χ4n) is 6.04. The number of aliphatic hydroxyl groups is 2. The molecule has 1 heterocycles. The topological polar surface area (TPSA) is 175 Å². The van der Waals surface area contributed by atoms with Crippen LogP contribution in [-0.2, 0) is 32.4 Å². The Morgan fingerprint density at radius 2 is 1.34 bits per heavy atom. The molecule has 3 aromatic rings. The van der Waals surface area contributed by atoms with Crippen LogP contribution in [0.4, 0.5) is 0 Å². The van der Waals surface area contributed by atoms with Gasteiger partial charge >= 0.3 is 0 Å². The van der Waals surface area contributed by atoms with Gasteiger partial charge in [-0.1, -0.05) is 107 Å². The first kappa shape index (κ1) is 40.3. The lowest BCUT2D eigenvalue weighted by Gasteiger charge is -2.34. The number of benzene rings is 2. The summed E-state index contributed by atoms with van der Waals surface area (Å²) in [6.45, 7) is 7.51. The van der Waals surface area contributed by atoms with E-state index in [1.54, 1.807) is 50.2 Å². The molecule has 1 unspecified atom stereocenters. The summed E-state index contributed by atoms with van der Waals surface area (Å²) in [6.07, 6.45) is 0.263. The lowest BCUT2D eigenvalue weighted by molar-refractivity contribution is -0.136. The third-order valence-electron chi connectivity index (χ3n) is 8.73. The van der Waals surface area contributed by atoms with Gasteiger partial charge in [0.15, 0.2) is 9.84 Å². The Morgan fingerprint density at radius 3 is 1.88 bits per heavy atom. The second-order valence-corrected chi connectivity index (χ2v) is 15.4. The van der Waals surface area contributed by atoms with E-state index in [9.17, 15) is 33.0 Å². The highest BCUT2D eigenvalue weighted by Crippen LogP contribution is 2.23. The van der Waals surface area contributed by atoms with Crippen LogP contribution < -0.4 is 16.0 Å². The van der Waals surface area contributed by atoms with E-state index >= 15 is 0 Å². The number of rotatable bonds is 20. The van der Waals surface area contributed by atoms with Crippen LogP contribution in [0.2, 0.25) is 0 Å². The van der Waals surface area contributed by atoms with E-state index in [1.807, 2.05) is 50.2 Å². The number of amides is 3. The highest BCUT2D eigenvalue weighted by Gasteiger charge is 2.40. The van der Waals surface area contributed by atoms with Gasteiger partial charge in [-0.2, -0.15) is 0 Å². The molecule has 272 valence electrons. The van der Waals surface area contributed by atoms with Crippen LogP contribution in [0.25, 0.3) is 0 Å². The summed E-state index contributed by atoms with van der Waals surface area (Å²) < 4.78 is 27.4. The SMILES string of the molecule is CCCC(CCC)S(=O)(=O)CC(NC(=O)c1ccccn1)C(=O)N[C@@H](Cc1ccccc1)[C@@H](O)[C@H](O)[C@H](C(=O)NCc1ccccc1)C(C)C. The first-order chi connectivity index (χ1) is 23.9. The molecule has 0 radical (unpaired) electrons. The Balaban J connectivity index is 1.93. The summed E-state index contributed by atoms with van der Waals surface area (Å²) in [6, 6.07) is 20.2. The Hall–Kier alpha value is -4.13. The Bertz CT molecular complexity index is 1590. The van der Waals surface area contributed by atoms with Gasteiger partial charge in [-0.3, -0.25) is 19.4 Å². The monoisotopic (exact) mass is 708 g/mol. The summed E-state index contributed by atoms with van der Waals surface area (Å²) in [5, 5.41) is 30.7. The number of carbonyl (C=O) groups is 3. The molecule has 0 saturated heterocycles. The van der Waals surface area contributed by atoms with Crippen molar-refractivity contribution < 1.29 is 33.0 Å². The van der Waals surface area contributed by atoms with Gasteiger partial charge in [0.05, 0.1) is 29.1 Å². The van der Waals surface area contributed by atoms with Crippen LogP contribution in [0, 0.1) is 11.8 Å². The maximum absolute atomic E-state index is 14.1. The van der Waals surface area contributed by atoms with Crippen LogP contribution >= 0.6 is 0 Å². The summed E-state index contributed by atoms with van der Waals surface area (Å²) in [4.78, 5) is 44.7. The minimum Gasteiger partial charge on any atom is -0.390 e. The Morgan fingerprint density at radius 1 is 0.760 bits per heavy atom. The average molecular weight is 709 g/mol. The van der Waals surface area contributed by atoms with Crippen molar-refractivity contribution in [3.05, 3.63) is 102 Å². The van der Waals surface area contributed by atoms with Gasteiger partial charge in [-0.25, -0.2) is 8.42 Å². The van der Waals surface area contributed by atoms with Gasteiger partial charge in [0, 0.05) is 12.7 Å². The molecule has 0 aliphatic heterocycles. The molecular weight excluding hydrogens is 657 g/mol. The van der Waals surface area contributed by atoms with Crippen molar-refractivity contribution in [2.75, 3.05) is 5.75 Å². The zero-order valence-electron chi connectivity index (χ0n) is 29.4. The lowest BCUT2D eigenvalue weighted by Crippen LogP contribution is -2.59. The lowest BCUT2D eigenvalue weighted by atomic mass is 9.83. The molecule has 5 atom stereocenters. The van der Waals surface area contributed by atoms with Gasteiger partial charge in [0.1, 0.15) is 17.8 Å². The maximum atomic E-state index is 14.1. The fourth-order valence-corrected chi connectivity index (χ4v) is 8.20. The second-order valence-electron chi connectivity index (χ2n) is 13.0. The van der Waals surface area contributed by atoms with E-state index in [-0.39, 0.29) is 18.7 Å². The molecular formula is C38H52N4O7S. The largest absolute Gasteiger partial charge is 0.390 e. The van der Waals surface area contributed by atoms with Gasteiger partial charge < -0.3 is 26.2 Å². The average Bonchev–Trinajstić information content (AvgIpc) is 3.10. The molecule has 0 aliphatic carbocycles. The van der Waals surface area contributed by atoms with E-state index in [0.29, 0.717) is 31.2 Å². The van der Waals surface area contributed by atoms with Gasteiger partial charge in [0.2, 0.25) is 11.8 Å². The Labute approximate surface area is 296 Å². The molecule has 12 heteroatoms. The molecule has 0 spiro atoms. The summed E-state index contributed by atoms with van der Waals surface area (Å²) in [5.41, 5.74) is 1.58. The van der Waals surface area contributed by atoms with E-state index in [0.717, 1.165) is 5.56 Å². The van der Waals surface area contributed by atoms with E-state index in [4.69, 9.17) is 0 Å². The van der Waals surface area contributed by atoms with E-state index in [1.165, 1.54) is 12.3 Å². The highest BCUT2D eigenvalue weighted by atomic mass is 32.2. The molecule has 1 aromatic heterocycles. The van der Waals surface area contributed by atoms with E-state index in [2.05, 4.69) is 20.9 Å². The molecule has 5 N–H and O–H groups in total. The van der Waals surface area contributed by atoms with Gasteiger partial charge in [-0.05, 0) is 48.4 Å². The van der Waals surface area contributed by atoms with Crippen molar-refractivity contribution in [1.29, 1.82) is 0 Å². The van der Waals surface area contributed by atoms with Crippen LogP contribution in [0.5, 0.6) is 0 Å². The first-order valence-electron chi connectivity index (χ1n) is 17.3. The van der Waals surface area contributed by atoms with Gasteiger partial charge in [-0.15, -0.1) is 0 Å². The molecule has 50 heavy (non-hydrogen) atoms. The Kier molecular flexibility index (Phi) is 16.0. The van der Waals surface area contributed by atoms with Crippen LogP contribution in [0.1, 0.15) is 75.0 Å². The third-order valence-corrected chi connectivity index (χ3v) is 11.0. The molecule has 2 aromatic carbocycles. The first-order valence-corrected chi connectivity index (χ1v) is 19.0. The number of pyridine rings is 1. The molecule has 0 saturated carbocycles. The van der Waals surface area contributed by atoms with Gasteiger partial charge in [0.25, 0.3) is 5.91 Å². The summed E-state index contributed by atoms with van der Waals surface area (Å²) >= 11 is 0. The number of nitrogens with zero attached hydrogens (tertiary/aromatic N) is 1. The van der Waals surface area contributed by atoms with Crippen molar-refractivity contribution in [3.63, 3.8) is 0 Å². The number of carbonyl (C=O) groups excluding carboxylic acids is 3. The smallest absolute Gasteiger partial charge is 0.270 e. The quantitative estimate of drug-likeness (QED) is 0.118. The molecule has 0 fully saturated rings. The maximum Gasteiger partial charge on any atom is 0.270 e. The minimum atomic E-state index is -3.88. The molecule has 0 aliphatic rings. The standard InChI is InChI=1S/C38H52N4O7S/c1-5-15-29(16-6-2)50(48,49)25-32(42-36(45)30-21-13-14-22-39-30)37(46)41-31(23-27-17-9-7-10-18-27)34(43)35(44)33(26(3)4)38(47)40-24-28-19-11-8-12-20-28/h7-14,17-22,26,29,31-35,43-44H,5-6,15-16,23-25H2,1-4H3,(H,40,47)(H,41,46)(H,42,45)/t31-,32?,33+,34+,35+/m0/s1. The van der Waals surface area contributed by atoms with Crippen LogP contribution in [0.3, 0.4) is 0 Å². The molecule has 3 amide bonds. The van der Waals surface area contributed by atoms with Crippen molar-refractivity contribution in [1.82, 2.24) is 20.9 Å². The molecule has 3 rings (SSSR count). The van der Waals surface area contributed by atoms with Crippen LogP contribution in [0.15, 0.2) is 85.1 Å². The number of aliphatic hydroxyl groups excluding tert-OH is 2. The predicted molar refractivity (Wildman–Crippen MR) is 194 cm³/mol. The van der Waals surface area contributed by atoms with Crippen LogP contribution in [-0.4, -0.2) is 76.6 Å². The second kappa shape index (κ2) is 19.9. The zero-order chi connectivity index (χ0) is 36.7. The number of sulfone groups is 1. The van der Waals surface area contributed by atoms with Crippen molar-refractivity contribution >= 4 is 27.6 Å². The number of aromatic nitrogens is 1. The zero-order valence-corrected chi connectivity index (χ0v) is 30.2. The number of nitrogens with one attached hydrogen (secondary N) is 3. The van der Waals surface area contributed by atoms with E-state index < -0.39 is 74.7 Å². The van der Waals surface area contributed by atoms with Crippen molar-refractivity contribution in [3.8, 4) is 0 Å². The third kappa shape index (κ3) is 12.0. The van der Waals surface area contributed by atoms with Crippen molar-refractivity contribution in [2.45, 2.75) is 95.9 Å². The normalized spacial score (nSPS) is 14.7. The predicted octanol–water partition coefficient (Wildman–Crippen LogP) is 3.60. The molecule has 0 bridgehead atoms. The summed E-state index contributed by atoms with van der Waals surface area (Å²) in [7, 11) is -3.88. The molecule has 11 nitrogen and oxygen atoms in total. The number of hydrogen-bond donors (Lipinski definition) is 5. The number of hydrogen-bond acceptors (Lipinski definition) is 8. The fraction of sp³-hybridized carbons (Fsp3) is 0.474. The minimum absolute atomic E-state index is 0.000975.